The maximum atomic E-state index is 12.7. The van der Waals surface area contributed by atoms with Gasteiger partial charge in [-0.1, -0.05) is 29.8 Å². The van der Waals surface area contributed by atoms with Crippen molar-refractivity contribution in [3.05, 3.63) is 57.2 Å². The lowest BCUT2D eigenvalue weighted by molar-refractivity contribution is 0.188. The molecule has 0 unspecified atom stereocenters. The summed E-state index contributed by atoms with van der Waals surface area (Å²) in [5.41, 5.74) is 2.27. The monoisotopic (exact) mass is 348 g/mol. The molecule has 3 rings (SSSR count). The molecule has 2 amide bonds. The molecule has 1 N–H and O–H groups in total. The van der Waals surface area contributed by atoms with Crippen molar-refractivity contribution in [2.24, 2.45) is 0 Å². The molecular formula is C18H21ClN2OS. The second-order valence-corrected chi connectivity index (χ2v) is 7.32. The lowest BCUT2D eigenvalue weighted by Crippen LogP contribution is -2.45. The van der Waals surface area contributed by atoms with Gasteiger partial charge in [0.25, 0.3) is 0 Å². The second kappa shape index (κ2) is 7.37. The van der Waals surface area contributed by atoms with Crippen LogP contribution in [0.1, 0.15) is 30.9 Å². The van der Waals surface area contributed by atoms with Gasteiger partial charge in [-0.3, -0.25) is 0 Å². The number of rotatable bonds is 6. The molecule has 23 heavy (non-hydrogen) atoms. The average molecular weight is 349 g/mol. The number of hydrogen-bond acceptors (Lipinski definition) is 2. The summed E-state index contributed by atoms with van der Waals surface area (Å²) in [7, 11) is 0. The summed E-state index contributed by atoms with van der Waals surface area (Å²) in [6, 6.07) is 10.3. The molecule has 1 heterocycles. The highest BCUT2D eigenvalue weighted by Gasteiger charge is 2.33. The van der Waals surface area contributed by atoms with Crippen molar-refractivity contribution in [2.75, 3.05) is 0 Å². The van der Waals surface area contributed by atoms with Crippen LogP contribution in [0.3, 0.4) is 0 Å². The molecule has 122 valence electrons. The summed E-state index contributed by atoms with van der Waals surface area (Å²) < 4.78 is 0. The van der Waals surface area contributed by atoms with Crippen LogP contribution in [0.5, 0.6) is 0 Å². The summed E-state index contributed by atoms with van der Waals surface area (Å²) in [6.45, 7) is 2.62. The second-order valence-electron chi connectivity index (χ2n) is 6.14. The highest BCUT2D eigenvalue weighted by molar-refractivity contribution is 7.07. The lowest BCUT2D eigenvalue weighted by Gasteiger charge is -2.25. The van der Waals surface area contributed by atoms with E-state index < -0.39 is 0 Å². The molecule has 0 aliphatic heterocycles. The fourth-order valence-corrected chi connectivity index (χ4v) is 3.55. The largest absolute Gasteiger partial charge is 0.335 e. The molecule has 1 aliphatic carbocycles. The van der Waals surface area contributed by atoms with Gasteiger partial charge in [-0.05, 0) is 60.2 Å². The van der Waals surface area contributed by atoms with Gasteiger partial charge in [0.15, 0.2) is 0 Å². The number of carbonyl (C=O) groups is 1. The summed E-state index contributed by atoms with van der Waals surface area (Å²) in [6.07, 6.45) is 3.02. The molecule has 0 bridgehead atoms. The maximum Gasteiger partial charge on any atom is 0.318 e. The van der Waals surface area contributed by atoms with Gasteiger partial charge in [0, 0.05) is 23.7 Å². The smallest absolute Gasteiger partial charge is 0.318 e. The number of urea groups is 1. The van der Waals surface area contributed by atoms with E-state index in [9.17, 15) is 4.79 Å². The fourth-order valence-electron chi connectivity index (χ4n) is 2.67. The van der Waals surface area contributed by atoms with Crippen LogP contribution in [0.4, 0.5) is 4.79 Å². The van der Waals surface area contributed by atoms with Gasteiger partial charge in [-0.2, -0.15) is 11.3 Å². The lowest BCUT2D eigenvalue weighted by atomic mass is 10.1. The minimum absolute atomic E-state index is 0.00940. The SMILES string of the molecule is C[C@@H](Cc1ccsc1)NC(=O)N(Cc1ccccc1Cl)C1CC1. The van der Waals surface area contributed by atoms with Gasteiger partial charge in [-0.15, -0.1) is 0 Å². The van der Waals surface area contributed by atoms with Crippen molar-refractivity contribution < 1.29 is 4.79 Å². The Balaban J connectivity index is 1.61. The van der Waals surface area contributed by atoms with Gasteiger partial charge in [0.2, 0.25) is 0 Å². The Kier molecular flexibility index (Phi) is 5.23. The molecule has 1 aromatic heterocycles. The number of nitrogens with zero attached hydrogens (tertiary/aromatic N) is 1. The van der Waals surface area contributed by atoms with E-state index in [1.807, 2.05) is 29.2 Å². The number of carbonyl (C=O) groups excluding carboxylic acids is 1. The van der Waals surface area contributed by atoms with Crippen molar-refractivity contribution in [3.8, 4) is 0 Å². The van der Waals surface area contributed by atoms with Crippen molar-refractivity contribution in [2.45, 2.75) is 44.8 Å². The Hall–Kier alpha value is -1.52. The molecule has 2 aromatic rings. The van der Waals surface area contributed by atoms with Crippen LogP contribution in [-0.4, -0.2) is 23.0 Å². The molecule has 0 saturated heterocycles. The minimum atomic E-state index is 0.00940. The van der Waals surface area contributed by atoms with Gasteiger partial charge in [0.1, 0.15) is 0 Å². The summed E-state index contributed by atoms with van der Waals surface area (Å²) in [5.74, 6) is 0. The Morgan fingerprint density at radius 3 is 2.83 bits per heavy atom. The van der Waals surface area contributed by atoms with Crippen molar-refractivity contribution in [1.82, 2.24) is 10.2 Å². The summed E-state index contributed by atoms with van der Waals surface area (Å²) in [5, 5.41) is 8.04. The van der Waals surface area contributed by atoms with Crippen molar-refractivity contribution >= 4 is 29.0 Å². The molecule has 3 nitrogen and oxygen atoms in total. The van der Waals surface area contributed by atoms with E-state index in [0.29, 0.717) is 12.6 Å². The Labute approximate surface area is 146 Å². The number of amides is 2. The maximum absolute atomic E-state index is 12.7. The number of nitrogens with one attached hydrogen (secondary N) is 1. The predicted octanol–water partition coefficient (Wildman–Crippen LogP) is 4.71. The third-order valence-corrected chi connectivity index (χ3v) is 5.14. The fraction of sp³-hybridized carbons (Fsp3) is 0.389. The molecule has 0 spiro atoms. The van der Waals surface area contributed by atoms with Gasteiger partial charge in [0.05, 0.1) is 0 Å². The third kappa shape index (κ3) is 4.49. The van der Waals surface area contributed by atoms with E-state index >= 15 is 0 Å². The first-order valence-corrected chi connectivity index (χ1v) is 9.27. The molecule has 1 atom stereocenters. The van der Waals surface area contributed by atoms with Crippen LogP contribution < -0.4 is 5.32 Å². The molecule has 1 aromatic carbocycles. The first-order chi connectivity index (χ1) is 11.1. The average Bonchev–Trinajstić information content (AvgIpc) is 3.23. The van der Waals surface area contributed by atoms with Gasteiger partial charge in [-0.25, -0.2) is 4.79 Å². The van der Waals surface area contributed by atoms with Crippen LogP contribution in [0.15, 0.2) is 41.1 Å². The molecule has 1 fully saturated rings. The molecule has 0 radical (unpaired) electrons. The van der Waals surface area contributed by atoms with Crippen LogP contribution >= 0.6 is 22.9 Å². The molecule has 5 heteroatoms. The van der Waals surface area contributed by atoms with Gasteiger partial charge < -0.3 is 10.2 Å². The van der Waals surface area contributed by atoms with E-state index in [4.69, 9.17) is 11.6 Å². The van der Waals surface area contributed by atoms with Crippen molar-refractivity contribution in [3.63, 3.8) is 0 Å². The Bertz CT molecular complexity index is 655. The Morgan fingerprint density at radius 2 is 2.17 bits per heavy atom. The quantitative estimate of drug-likeness (QED) is 0.805. The standard InChI is InChI=1S/C18H21ClN2OS/c1-13(10-14-8-9-23-12-14)20-18(22)21(16-6-7-16)11-15-4-2-3-5-17(15)19/h2-5,8-9,12-13,16H,6-7,10-11H2,1H3,(H,20,22)/t13-/m0/s1. The first kappa shape index (κ1) is 16.3. The molecular weight excluding hydrogens is 328 g/mol. The number of thiophene rings is 1. The first-order valence-electron chi connectivity index (χ1n) is 7.95. The van der Waals surface area contributed by atoms with Crippen LogP contribution in [0.2, 0.25) is 5.02 Å². The van der Waals surface area contributed by atoms with E-state index in [-0.39, 0.29) is 12.1 Å². The third-order valence-electron chi connectivity index (χ3n) is 4.04. The van der Waals surface area contributed by atoms with Crippen LogP contribution in [0, 0.1) is 0 Å². The number of benzene rings is 1. The van der Waals surface area contributed by atoms with E-state index in [1.54, 1.807) is 11.3 Å². The van der Waals surface area contributed by atoms with Crippen LogP contribution in [0.25, 0.3) is 0 Å². The Morgan fingerprint density at radius 1 is 1.39 bits per heavy atom. The zero-order valence-electron chi connectivity index (χ0n) is 13.2. The zero-order valence-corrected chi connectivity index (χ0v) is 14.7. The van der Waals surface area contributed by atoms with Crippen LogP contribution in [-0.2, 0) is 13.0 Å². The highest BCUT2D eigenvalue weighted by Crippen LogP contribution is 2.30. The summed E-state index contributed by atoms with van der Waals surface area (Å²) >= 11 is 7.93. The zero-order chi connectivity index (χ0) is 16.2. The van der Waals surface area contributed by atoms with E-state index in [1.165, 1.54) is 5.56 Å². The number of halogens is 1. The minimum Gasteiger partial charge on any atom is -0.335 e. The van der Waals surface area contributed by atoms with Crippen molar-refractivity contribution in [1.29, 1.82) is 0 Å². The summed E-state index contributed by atoms with van der Waals surface area (Å²) in [4.78, 5) is 14.6. The van der Waals surface area contributed by atoms with E-state index in [2.05, 4.69) is 29.1 Å². The normalized spacial score (nSPS) is 15.2. The predicted molar refractivity (Wildman–Crippen MR) is 96.0 cm³/mol. The van der Waals surface area contributed by atoms with E-state index in [0.717, 1.165) is 29.8 Å². The molecule has 1 aliphatic rings. The topological polar surface area (TPSA) is 32.3 Å². The highest BCUT2D eigenvalue weighted by atomic mass is 35.5. The number of hydrogen-bond donors (Lipinski definition) is 1. The molecule has 1 saturated carbocycles. The van der Waals surface area contributed by atoms with Gasteiger partial charge >= 0.3 is 6.03 Å².